The number of hydrogen-bond acceptors (Lipinski definition) is 3. The van der Waals surface area contributed by atoms with Gasteiger partial charge in [0.1, 0.15) is 0 Å². The molecule has 2 aromatic carbocycles. The summed E-state index contributed by atoms with van der Waals surface area (Å²) >= 11 is 1.66. The second kappa shape index (κ2) is 9.11. The monoisotopic (exact) mass is 363 g/mol. The Morgan fingerprint density at radius 1 is 0.885 bits per heavy atom. The van der Waals surface area contributed by atoms with Gasteiger partial charge in [-0.05, 0) is 39.9 Å². The Labute approximate surface area is 157 Å². The molecule has 26 heavy (non-hydrogen) atoms. The van der Waals surface area contributed by atoms with E-state index in [9.17, 15) is 9.59 Å². The zero-order valence-electron chi connectivity index (χ0n) is 14.5. The van der Waals surface area contributed by atoms with Gasteiger partial charge in [-0.3, -0.25) is 9.59 Å². The van der Waals surface area contributed by atoms with E-state index in [0.717, 1.165) is 11.1 Å². The van der Waals surface area contributed by atoms with Gasteiger partial charge in [-0.25, -0.2) is 0 Å². The molecule has 0 fully saturated rings. The van der Waals surface area contributed by atoms with Crippen LogP contribution in [0.2, 0.25) is 0 Å². The lowest BCUT2D eigenvalue weighted by atomic mass is 10.0. The van der Waals surface area contributed by atoms with Crippen LogP contribution >= 0.6 is 11.3 Å². The van der Waals surface area contributed by atoms with Crippen LogP contribution in [-0.4, -0.2) is 11.7 Å². The number of nitrogens with one attached hydrogen (secondary N) is 1. The first-order valence-corrected chi connectivity index (χ1v) is 9.64. The Bertz CT molecular complexity index is 857. The van der Waals surface area contributed by atoms with Gasteiger partial charge in [0.15, 0.2) is 5.78 Å². The third-order valence-corrected chi connectivity index (χ3v) is 4.91. The molecule has 0 radical (unpaired) electrons. The summed E-state index contributed by atoms with van der Waals surface area (Å²) in [6, 6.07) is 19.4. The lowest BCUT2D eigenvalue weighted by molar-refractivity contribution is -0.121. The number of ketones is 1. The van der Waals surface area contributed by atoms with Gasteiger partial charge in [-0.2, -0.15) is 11.3 Å². The highest BCUT2D eigenvalue weighted by Crippen LogP contribution is 2.25. The van der Waals surface area contributed by atoms with Gasteiger partial charge in [0.05, 0.1) is 0 Å². The van der Waals surface area contributed by atoms with Crippen LogP contribution in [-0.2, 0) is 11.3 Å². The Morgan fingerprint density at radius 2 is 1.65 bits per heavy atom. The molecule has 1 aromatic heterocycles. The predicted molar refractivity (Wildman–Crippen MR) is 106 cm³/mol. The number of Topliss-reactive ketones (excluding diaryl/α,β-unsaturated/α-hetero) is 1. The van der Waals surface area contributed by atoms with Crippen LogP contribution in [0.3, 0.4) is 0 Å². The zero-order chi connectivity index (χ0) is 18.2. The molecule has 0 saturated heterocycles. The van der Waals surface area contributed by atoms with Crippen molar-refractivity contribution in [3.8, 4) is 11.1 Å². The number of thiophene rings is 1. The molecular weight excluding hydrogens is 342 g/mol. The normalized spacial score (nSPS) is 10.5. The van der Waals surface area contributed by atoms with E-state index in [0.29, 0.717) is 31.4 Å². The van der Waals surface area contributed by atoms with Crippen molar-refractivity contribution in [1.82, 2.24) is 5.32 Å². The minimum Gasteiger partial charge on any atom is -0.352 e. The molecule has 0 spiro atoms. The van der Waals surface area contributed by atoms with Crippen molar-refractivity contribution in [2.75, 3.05) is 0 Å². The van der Waals surface area contributed by atoms with Crippen LogP contribution in [0.1, 0.15) is 35.2 Å². The highest BCUT2D eigenvalue weighted by molar-refractivity contribution is 7.08. The lowest BCUT2D eigenvalue weighted by Gasteiger charge is -2.10. The van der Waals surface area contributed by atoms with Crippen LogP contribution in [0.25, 0.3) is 11.1 Å². The smallest absolute Gasteiger partial charge is 0.220 e. The maximum absolute atomic E-state index is 12.1. The Hall–Kier alpha value is -2.72. The molecule has 1 N–H and O–H groups in total. The van der Waals surface area contributed by atoms with Gasteiger partial charge < -0.3 is 5.32 Å². The molecule has 3 aromatic rings. The first-order valence-electron chi connectivity index (χ1n) is 8.69. The van der Waals surface area contributed by atoms with Crippen LogP contribution in [0.15, 0.2) is 71.4 Å². The third-order valence-electron chi connectivity index (χ3n) is 4.23. The number of carbonyl (C=O) groups is 2. The zero-order valence-corrected chi connectivity index (χ0v) is 15.3. The Kier molecular flexibility index (Phi) is 6.34. The maximum atomic E-state index is 12.1. The molecule has 132 valence electrons. The number of rotatable bonds is 8. The van der Waals surface area contributed by atoms with Crippen LogP contribution in [0.4, 0.5) is 0 Å². The van der Waals surface area contributed by atoms with Crippen molar-refractivity contribution in [3.63, 3.8) is 0 Å². The SMILES string of the molecule is O=C(CCCC(=O)c1ccccc1)NCc1ccccc1-c1ccsc1. The minimum atomic E-state index is -0.0222. The minimum absolute atomic E-state index is 0.0222. The lowest BCUT2D eigenvalue weighted by Crippen LogP contribution is -2.22. The summed E-state index contributed by atoms with van der Waals surface area (Å²) in [6.45, 7) is 0.498. The number of amides is 1. The van der Waals surface area contributed by atoms with Gasteiger partial charge >= 0.3 is 0 Å². The van der Waals surface area contributed by atoms with Crippen LogP contribution in [0, 0.1) is 0 Å². The summed E-state index contributed by atoms with van der Waals surface area (Å²) in [7, 11) is 0. The molecule has 3 rings (SSSR count). The first kappa shape index (κ1) is 18.1. The van der Waals surface area contributed by atoms with Gasteiger partial charge in [0, 0.05) is 24.9 Å². The second-order valence-electron chi connectivity index (χ2n) is 6.09. The van der Waals surface area contributed by atoms with Crippen molar-refractivity contribution >= 4 is 23.0 Å². The number of carbonyl (C=O) groups excluding carboxylic acids is 2. The molecule has 1 amide bonds. The summed E-state index contributed by atoms with van der Waals surface area (Å²) in [6.07, 6.45) is 1.31. The van der Waals surface area contributed by atoms with Gasteiger partial charge in [-0.1, -0.05) is 54.6 Å². The van der Waals surface area contributed by atoms with E-state index in [1.54, 1.807) is 11.3 Å². The molecular formula is C22H21NO2S. The van der Waals surface area contributed by atoms with E-state index in [1.807, 2.05) is 48.5 Å². The molecule has 0 aliphatic carbocycles. The average molecular weight is 363 g/mol. The van der Waals surface area contributed by atoms with E-state index in [2.05, 4.69) is 28.2 Å². The first-order chi connectivity index (χ1) is 12.7. The highest BCUT2D eigenvalue weighted by Gasteiger charge is 2.09. The molecule has 0 bridgehead atoms. The molecule has 0 aliphatic rings. The molecule has 0 aliphatic heterocycles. The summed E-state index contributed by atoms with van der Waals surface area (Å²) in [5, 5.41) is 7.13. The summed E-state index contributed by atoms with van der Waals surface area (Å²) in [4.78, 5) is 24.2. The van der Waals surface area contributed by atoms with E-state index in [1.165, 1.54) is 5.56 Å². The Morgan fingerprint density at radius 3 is 2.42 bits per heavy atom. The fourth-order valence-corrected chi connectivity index (χ4v) is 3.49. The van der Waals surface area contributed by atoms with Crippen LogP contribution < -0.4 is 5.32 Å². The van der Waals surface area contributed by atoms with Gasteiger partial charge in [-0.15, -0.1) is 0 Å². The second-order valence-corrected chi connectivity index (χ2v) is 6.87. The fourth-order valence-electron chi connectivity index (χ4n) is 2.83. The fraction of sp³-hybridized carbons (Fsp3) is 0.182. The van der Waals surface area contributed by atoms with Crippen molar-refractivity contribution in [2.24, 2.45) is 0 Å². The molecule has 3 nitrogen and oxygen atoms in total. The highest BCUT2D eigenvalue weighted by atomic mass is 32.1. The summed E-state index contributed by atoms with van der Waals surface area (Å²) < 4.78 is 0. The maximum Gasteiger partial charge on any atom is 0.220 e. The van der Waals surface area contributed by atoms with Crippen LogP contribution in [0.5, 0.6) is 0 Å². The molecule has 4 heteroatoms. The largest absolute Gasteiger partial charge is 0.352 e. The van der Waals surface area contributed by atoms with Crippen molar-refractivity contribution in [1.29, 1.82) is 0 Å². The van der Waals surface area contributed by atoms with E-state index in [-0.39, 0.29) is 11.7 Å². The molecule has 0 unspecified atom stereocenters. The molecule has 0 saturated carbocycles. The summed E-state index contributed by atoms with van der Waals surface area (Å²) in [5.74, 6) is 0.0622. The number of benzene rings is 2. The predicted octanol–water partition coefficient (Wildman–Crippen LogP) is 5.08. The standard InChI is InChI=1S/C22H21NO2S/c24-21(17-7-2-1-3-8-17)11-6-12-22(25)23-15-18-9-4-5-10-20(18)19-13-14-26-16-19/h1-5,7-10,13-14,16H,6,11-12,15H2,(H,23,25). The van der Waals surface area contributed by atoms with Crippen molar-refractivity contribution in [3.05, 3.63) is 82.6 Å². The Balaban J connectivity index is 1.47. The quantitative estimate of drug-likeness (QED) is 0.567. The van der Waals surface area contributed by atoms with E-state index in [4.69, 9.17) is 0 Å². The van der Waals surface area contributed by atoms with E-state index < -0.39 is 0 Å². The molecule has 0 atom stereocenters. The summed E-state index contributed by atoms with van der Waals surface area (Å²) in [5.41, 5.74) is 4.12. The number of hydrogen-bond donors (Lipinski definition) is 1. The van der Waals surface area contributed by atoms with E-state index >= 15 is 0 Å². The third kappa shape index (κ3) is 4.90. The van der Waals surface area contributed by atoms with Crippen molar-refractivity contribution in [2.45, 2.75) is 25.8 Å². The average Bonchev–Trinajstić information content (AvgIpc) is 3.22. The molecule has 1 heterocycles. The van der Waals surface area contributed by atoms with Crippen molar-refractivity contribution < 1.29 is 9.59 Å². The van der Waals surface area contributed by atoms with Gasteiger partial charge in [0.2, 0.25) is 5.91 Å². The topological polar surface area (TPSA) is 46.2 Å². The van der Waals surface area contributed by atoms with Gasteiger partial charge in [0.25, 0.3) is 0 Å².